The summed E-state index contributed by atoms with van der Waals surface area (Å²) in [5, 5.41) is 10.2. The summed E-state index contributed by atoms with van der Waals surface area (Å²) in [6.07, 6.45) is 0. The Hall–Kier alpha value is -2.88. The summed E-state index contributed by atoms with van der Waals surface area (Å²) in [5.41, 5.74) is 5.70. The number of nitrogens with two attached hydrogens (primary N) is 2. The van der Waals surface area contributed by atoms with Gasteiger partial charge in [-0.3, -0.25) is 14.4 Å². The van der Waals surface area contributed by atoms with Crippen molar-refractivity contribution in [2.45, 2.75) is 12.1 Å². The van der Waals surface area contributed by atoms with Crippen molar-refractivity contribution in [2.75, 3.05) is 16.9 Å². The number of nitrogens with one attached hydrogen (secondary N) is 1. The van der Waals surface area contributed by atoms with E-state index < -0.39 is 11.5 Å². The zero-order valence-corrected chi connectivity index (χ0v) is 13.0. The van der Waals surface area contributed by atoms with Crippen LogP contribution in [0.25, 0.3) is 0 Å². The molecule has 1 aromatic heterocycles. The van der Waals surface area contributed by atoms with Crippen LogP contribution >= 0.6 is 11.8 Å². The van der Waals surface area contributed by atoms with Crippen LogP contribution in [0.2, 0.25) is 0 Å². The lowest BCUT2D eigenvalue weighted by atomic mass is 10.2. The summed E-state index contributed by atoms with van der Waals surface area (Å²) < 4.78 is 0.849. The first-order chi connectivity index (χ1) is 10.9. The first-order valence-electron chi connectivity index (χ1n) is 6.42. The van der Waals surface area contributed by atoms with Gasteiger partial charge < -0.3 is 16.9 Å². The standard InChI is InChI=1S/C13H14N6O3S/c1-7-12(22)19(15)13(18-17-7)23-6-10(20)16-9-4-2-8(3-5-9)11(14)21/h2-5H,6,15H2,1H3,(H2,14,21)(H,16,20). The number of thioether (sulfide) groups is 1. The minimum absolute atomic E-state index is 0.00798. The van der Waals surface area contributed by atoms with Crippen LogP contribution in [0.15, 0.2) is 34.2 Å². The topological polar surface area (TPSA) is 146 Å². The van der Waals surface area contributed by atoms with E-state index in [0.29, 0.717) is 11.3 Å². The molecule has 120 valence electrons. The SMILES string of the molecule is Cc1nnc(SCC(=O)Nc2ccc(C(N)=O)cc2)n(N)c1=O. The molecule has 0 aliphatic carbocycles. The molecule has 0 saturated carbocycles. The summed E-state index contributed by atoms with van der Waals surface area (Å²) in [6, 6.07) is 6.14. The number of rotatable bonds is 5. The van der Waals surface area contributed by atoms with Gasteiger partial charge in [0, 0.05) is 11.3 Å². The number of nitrogen functional groups attached to an aromatic ring is 1. The fraction of sp³-hybridized carbons (Fsp3) is 0.154. The van der Waals surface area contributed by atoms with Crippen molar-refractivity contribution in [1.29, 1.82) is 0 Å². The number of aryl methyl sites for hydroxylation is 1. The Morgan fingerprint density at radius 1 is 1.26 bits per heavy atom. The van der Waals surface area contributed by atoms with Crippen LogP contribution in [-0.4, -0.2) is 32.4 Å². The van der Waals surface area contributed by atoms with Crippen molar-refractivity contribution >= 4 is 29.3 Å². The summed E-state index contributed by atoms with van der Waals surface area (Å²) in [7, 11) is 0. The number of carbonyl (C=O) groups is 2. The van der Waals surface area contributed by atoms with Crippen LogP contribution in [0.3, 0.4) is 0 Å². The predicted molar refractivity (Wildman–Crippen MR) is 85.5 cm³/mol. The minimum atomic E-state index is -0.544. The van der Waals surface area contributed by atoms with Crippen molar-refractivity contribution in [3.05, 3.63) is 45.9 Å². The first kappa shape index (κ1) is 16.5. The second-order valence-corrected chi connectivity index (χ2v) is 5.46. The minimum Gasteiger partial charge on any atom is -0.366 e. The number of aromatic nitrogens is 3. The van der Waals surface area contributed by atoms with Crippen LogP contribution in [0.1, 0.15) is 16.1 Å². The molecule has 0 aliphatic rings. The normalized spacial score (nSPS) is 10.3. The second-order valence-electron chi connectivity index (χ2n) is 4.52. The van der Waals surface area contributed by atoms with E-state index in [-0.39, 0.29) is 22.5 Å². The molecule has 2 aromatic rings. The molecular formula is C13H14N6O3S. The molecule has 0 fully saturated rings. The molecule has 23 heavy (non-hydrogen) atoms. The highest BCUT2D eigenvalue weighted by atomic mass is 32.2. The van der Waals surface area contributed by atoms with Crippen molar-refractivity contribution in [2.24, 2.45) is 5.73 Å². The Bertz CT molecular complexity index is 802. The van der Waals surface area contributed by atoms with Crippen molar-refractivity contribution in [3.63, 3.8) is 0 Å². The lowest BCUT2D eigenvalue weighted by molar-refractivity contribution is -0.113. The molecule has 1 aromatic carbocycles. The van der Waals surface area contributed by atoms with E-state index in [2.05, 4.69) is 15.5 Å². The molecule has 0 bridgehead atoms. The zero-order valence-electron chi connectivity index (χ0n) is 12.1. The van der Waals surface area contributed by atoms with E-state index in [9.17, 15) is 14.4 Å². The lowest BCUT2D eigenvalue weighted by Crippen LogP contribution is -2.32. The van der Waals surface area contributed by atoms with Crippen molar-refractivity contribution in [3.8, 4) is 0 Å². The number of amides is 2. The van der Waals surface area contributed by atoms with Gasteiger partial charge in [-0.25, -0.2) is 0 Å². The van der Waals surface area contributed by atoms with E-state index >= 15 is 0 Å². The van der Waals surface area contributed by atoms with Crippen LogP contribution in [0.4, 0.5) is 5.69 Å². The lowest BCUT2D eigenvalue weighted by Gasteiger charge is -2.07. The Labute approximate surface area is 135 Å². The Kier molecular flexibility index (Phi) is 4.96. The summed E-state index contributed by atoms with van der Waals surface area (Å²) in [5.74, 6) is 4.70. The fourth-order valence-corrected chi connectivity index (χ4v) is 2.27. The molecule has 5 N–H and O–H groups in total. The number of anilines is 1. The van der Waals surface area contributed by atoms with Gasteiger partial charge in [0.1, 0.15) is 5.69 Å². The number of hydrogen-bond donors (Lipinski definition) is 3. The van der Waals surface area contributed by atoms with E-state index in [4.69, 9.17) is 11.6 Å². The highest BCUT2D eigenvalue weighted by Gasteiger charge is 2.10. The average Bonchev–Trinajstić information content (AvgIpc) is 2.52. The summed E-state index contributed by atoms with van der Waals surface area (Å²) in [6.45, 7) is 1.50. The first-order valence-corrected chi connectivity index (χ1v) is 7.41. The predicted octanol–water partition coefficient (Wildman–Crippen LogP) is -0.510. The summed E-state index contributed by atoms with van der Waals surface area (Å²) in [4.78, 5) is 34.4. The average molecular weight is 334 g/mol. The van der Waals surface area contributed by atoms with Crippen molar-refractivity contribution in [1.82, 2.24) is 14.9 Å². The number of benzene rings is 1. The largest absolute Gasteiger partial charge is 0.366 e. The van der Waals surface area contributed by atoms with E-state index in [0.717, 1.165) is 16.4 Å². The third-order valence-corrected chi connectivity index (χ3v) is 3.75. The van der Waals surface area contributed by atoms with Gasteiger partial charge >= 0.3 is 0 Å². The van der Waals surface area contributed by atoms with Gasteiger partial charge in [-0.15, -0.1) is 10.2 Å². The van der Waals surface area contributed by atoms with Crippen LogP contribution in [0.5, 0.6) is 0 Å². The number of nitrogens with zero attached hydrogens (tertiary/aromatic N) is 3. The third kappa shape index (κ3) is 4.07. The second kappa shape index (κ2) is 6.92. The molecule has 0 spiro atoms. The Morgan fingerprint density at radius 2 is 1.91 bits per heavy atom. The quantitative estimate of drug-likeness (QED) is 0.493. The fourth-order valence-electron chi connectivity index (χ4n) is 1.61. The molecule has 0 unspecified atom stereocenters. The molecular weight excluding hydrogens is 320 g/mol. The highest BCUT2D eigenvalue weighted by molar-refractivity contribution is 7.99. The van der Waals surface area contributed by atoms with Gasteiger partial charge in [0.05, 0.1) is 5.75 Å². The molecule has 0 aliphatic heterocycles. The van der Waals surface area contributed by atoms with Gasteiger partial charge in [0.2, 0.25) is 17.0 Å². The maximum atomic E-state index is 11.9. The Balaban J connectivity index is 1.96. The Morgan fingerprint density at radius 3 is 2.52 bits per heavy atom. The maximum absolute atomic E-state index is 11.9. The van der Waals surface area contributed by atoms with Crippen LogP contribution < -0.4 is 22.5 Å². The number of carbonyl (C=O) groups excluding carboxylic acids is 2. The van der Waals surface area contributed by atoms with Gasteiger partial charge in [-0.05, 0) is 31.2 Å². The van der Waals surface area contributed by atoms with Gasteiger partial charge in [0.15, 0.2) is 0 Å². The van der Waals surface area contributed by atoms with E-state index in [1.807, 2.05) is 0 Å². The number of primary amides is 1. The van der Waals surface area contributed by atoms with Crippen LogP contribution in [0, 0.1) is 6.92 Å². The highest BCUT2D eigenvalue weighted by Crippen LogP contribution is 2.13. The van der Waals surface area contributed by atoms with E-state index in [1.54, 1.807) is 12.1 Å². The molecule has 10 heteroatoms. The molecule has 9 nitrogen and oxygen atoms in total. The monoisotopic (exact) mass is 334 g/mol. The zero-order chi connectivity index (χ0) is 17.0. The maximum Gasteiger partial charge on any atom is 0.294 e. The molecule has 1 heterocycles. The molecule has 0 radical (unpaired) electrons. The van der Waals surface area contributed by atoms with E-state index in [1.165, 1.54) is 19.1 Å². The van der Waals surface area contributed by atoms with Crippen LogP contribution in [-0.2, 0) is 4.79 Å². The molecule has 2 rings (SSSR count). The number of hydrogen-bond acceptors (Lipinski definition) is 7. The van der Waals surface area contributed by atoms with Gasteiger partial charge in [-0.2, -0.15) is 4.68 Å². The molecule has 0 atom stereocenters. The smallest absolute Gasteiger partial charge is 0.294 e. The summed E-state index contributed by atoms with van der Waals surface area (Å²) >= 11 is 0.984. The molecule has 2 amide bonds. The third-order valence-electron chi connectivity index (χ3n) is 2.81. The van der Waals surface area contributed by atoms with Crippen molar-refractivity contribution < 1.29 is 9.59 Å². The van der Waals surface area contributed by atoms with Gasteiger partial charge in [0.25, 0.3) is 5.56 Å². The molecule has 0 saturated heterocycles. The van der Waals surface area contributed by atoms with Gasteiger partial charge in [-0.1, -0.05) is 11.8 Å².